The first-order valence-electron chi connectivity index (χ1n) is 7.40. The summed E-state index contributed by atoms with van der Waals surface area (Å²) in [5.74, 6) is 0.535. The third-order valence-corrected chi connectivity index (χ3v) is 3.75. The van der Waals surface area contributed by atoms with E-state index in [9.17, 15) is 4.39 Å². The van der Waals surface area contributed by atoms with Gasteiger partial charge in [-0.2, -0.15) is 0 Å². The quantitative estimate of drug-likeness (QED) is 0.793. The van der Waals surface area contributed by atoms with Crippen molar-refractivity contribution in [3.8, 4) is 5.75 Å². The van der Waals surface area contributed by atoms with E-state index in [-0.39, 0.29) is 23.7 Å². The molecule has 1 aromatic carbocycles. The molecule has 112 valence electrons. The zero-order valence-corrected chi connectivity index (χ0v) is 12.5. The van der Waals surface area contributed by atoms with Crippen LogP contribution in [0.3, 0.4) is 0 Å². The number of likely N-dealkylation sites (N-methyl/N-ethyl adjacent to an activating group) is 1. The summed E-state index contributed by atoms with van der Waals surface area (Å²) in [5.41, 5.74) is 0.636. The van der Waals surface area contributed by atoms with Crippen molar-refractivity contribution in [2.24, 2.45) is 5.92 Å². The maximum atomic E-state index is 14.5. The second-order valence-corrected chi connectivity index (χ2v) is 5.16. The van der Waals surface area contributed by atoms with E-state index in [0.29, 0.717) is 18.1 Å². The van der Waals surface area contributed by atoms with Gasteiger partial charge in [0.25, 0.3) is 0 Å². The smallest absolute Gasteiger partial charge is 0.169 e. The summed E-state index contributed by atoms with van der Waals surface area (Å²) in [6.07, 6.45) is 2.36. The van der Waals surface area contributed by atoms with Gasteiger partial charge in [0, 0.05) is 12.2 Å². The van der Waals surface area contributed by atoms with E-state index in [2.05, 4.69) is 5.32 Å². The molecule has 2 unspecified atom stereocenters. The fraction of sp³-hybridized carbons (Fsp3) is 0.625. The lowest BCUT2D eigenvalue weighted by Gasteiger charge is -2.28. The van der Waals surface area contributed by atoms with Crippen LogP contribution in [0.5, 0.6) is 5.75 Å². The van der Waals surface area contributed by atoms with Crippen LogP contribution in [0.15, 0.2) is 18.2 Å². The summed E-state index contributed by atoms with van der Waals surface area (Å²) in [5, 5.41) is 3.38. The van der Waals surface area contributed by atoms with Crippen LogP contribution in [-0.4, -0.2) is 26.4 Å². The second kappa shape index (κ2) is 7.04. The van der Waals surface area contributed by atoms with Crippen molar-refractivity contribution in [1.82, 2.24) is 5.32 Å². The molecular formula is C16H24FNO2. The molecule has 20 heavy (non-hydrogen) atoms. The highest BCUT2D eigenvalue weighted by Crippen LogP contribution is 2.41. The molecule has 1 fully saturated rings. The lowest BCUT2D eigenvalue weighted by molar-refractivity contribution is 0.0180. The summed E-state index contributed by atoms with van der Waals surface area (Å²) in [6.45, 7) is 5.44. The second-order valence-electron chi connectivity index (χ2n) is 5.16. The van der Waals surface area contributed by atoms with Crippen LogP contribution in [0.25, 0.3) is 0 Å². The lowest BCUT2D eigenvalue weighted by Crippen LogP contribution is -2.36. The first-order chi connectivity index (χ1) is 9.72. The molecule has 1 aliphatic carbocycles. The van der Waals surface area contributed by atoms with Gasteiger partial charge in [0.15, 0.2) is 11.6 Å². The number of methoxy groups -OCH3 is 1. The number of halogens is 1. The minimum absolute atomic E-state index is 0.0292. The fourth-order valence-electron chi connectivity index (χ4n) is 2.67. The number of benzene rings is 1. The van der Waals surface area contributed by atoms with Gasteiger partial charge in [-0.25, -0.2) is 4.39 Å². The van der Waals surface area contributed by atoms with E-state index in [4.69, 9.17) is 9.47 Å². The van der Waals surface area contributed by atoms with Crippen molar-refractivity contribution in [1.29, 1.82) is 0 Å². The molecule has 0 aliphatic heterocycles. The van der Waals surface area contributed by atoms with Crippen LogP contribution in [0.1, 0.15) is 38.3 Å². The highest BCUT2D eigenvalue weighted by molar-refractivity contribution is 5.34. The van der Waals surface area contributed by atoms with Gasteiger partial charge in [-0.3, -0.25) is 0 Å². The molecule has 0 heterocycles. The lowest BCUT2D eigenvalue weighted by atomic mass is 9.97. The molecule has 2 rings (SSSR count). The number of hydrogen-bond acceptors (Lipinski definition) is 3. The zero-order valence-electron chi connectivity index (χ0n) is 12.5. The molecule has 1 saturated carbocycles. The Morgan fingerprint density at radius 2 is 2.10 bits per heavy atom. The van der Waals surface area contributed by atoms with E-state index in [1.807, 2.05) is 26.0 Å². The summed E-state index contributed by atoms with van der Waals surface area (Å²) < 4.78 is 25.5. The predicted octanol–water partition coefficient (Wildman–Crippen LogP) is 3.30. The molecule has 0 spiro atoms. The van der Waals surface area contributed by atoms with E-state index >= 15 is 0 Å². The maximum Gasteiger partial charge on any atom is 0.169 e. The van der Waals surface area contributed by atoms with Crippen LogP contribution in [0.2, 0.25) is 0 Å². The fourth-order valence-corrected chi connectivity index (χ4v) is 2.67. The minimum atomic E-state index is -0.286. The topological polar surface area (TPSA) is 30.5 Å². The molecule has 2 atom stereocenters. The molecular weight excluding hydrogens is 257 g/mol. The van der Waals surface area contributed by atoms with Crippen molar-refractivity contribution in [2.75, 3.05) is 20.3 Å². The maximum absolute atomic E-state index is 14.5. The molecule has 1 aromatic rings. The van der Waals surface area contributed by atoms with Gasteiger partial charge in [0.1, 0.15) is 0 Å². The Labute approximate surface area is 120 Å². The molecule has 3 nitrogen and oxygen atoms in total. The normalized spacial score (nSPS) is 17.8. The van der Waals surface area contributed by atoms with Crippen LogP contribution in [0.4, 0.5) is 4.39 Å². The van der Waals surface area contributed by atoms with Crippen LogP contribution in [0, 0.1) is 11.7 Å². The number of nitrogens with one attached hydrogen (secondary N) is 1. The third-order valence-electron chi connectivity index (χ3n) is 3.75. The van der Waals surface area contributed by atoms with Crippen molar-refractivity contribution in [3.05, 3.63) is 29.6 Å². The highest BCUT2D eigenvalue weighted by atomic mass is 19.1. The van der Waals surface area contributed by atoms with Gasteiger partial charge in [0.2, 0.25) is 0 Å². The Hall–Kier alpha value is -1.13. The highest BCUT2D eigenvalue weighted by Gasteiger charge is 2.38. The van der Waals surface area contributed by atoms with Crippen LogP contribution in [-0.2, 0) is 4.74 Å². The van der Waals surface area contributed by atoms with Crippen molar-refractivity contribution >= 4 is 0 Å². The average molecular weight is 281 g/mol. The largest absolute Gasteiger partial charge is 0.494 e. The third kappa shape index (κ3) is 3.30. The van der Waals surface area contributed by atoms with Gasteiger partial charge in [-0.05, 0) is 38.3 Å². The van der Waals surface area contributed by atoms with Gasteiger partial charge in [0.05, 0.1) is 19.3 Å². The first-order valence-corrected chi connectivity index (χ1v) is 7.40. The molecule has 0 aromatic heterocycles. The zero-order chi connectivity index (χ0) is 14.5. The van der Waals surface area contributed by atoms with E-state index in [0.717, 1.165) is 19.4 Å². The number of ether oxygens (including phenoxy) is 2. The average Bonchev–Trinajstić information content (AvgIpc) is 3.28. The Bertz CT molecular complexity index is 434. The van der Waals surface area contributed by atoms with Crippen molar-refractivity contribution in [3.63, 3.8) is 0 Å². The van der Waals surface area contributed by atoms with Crippen LogP contribution < -0.4 is 10.1 Å². The number of rotatable bonds is 8. The Kier molecular flexibility index (Phi) is 5.38. The Morgan fingerprint density at radius 3 is 2.65 bits per heavy atom. The minimum Gasteiger partial charge on any atom is -0.494 e. The molecule has 0 amide bonds. The van der Waals surface area contributed by atoms with E-state index < -0.39 is 0 Å². The van der Waals surface area contributed by atoms with Gasteiger partial charge in [-0.15, -0.1) is 0 Å². The summed E-state index contributed by atoms with van der Waals surface area (Å²) in [6, 6.07) is 5.17. The first kappa shape index (κ1) is 15.3. The summed E-state index contributed by atoms with van der Waals surface area (Å²) in [4.78, 5) is 0. The summed E-state index contributed by atoms with van der Waals surface area (Å²) in [7, 11) is 1.49. The van der Waals surface area contributed by atoms with Crippen molar-refractivity contribution < 1.29 is 13.9 Å². The number of hydrogen-bond donors (Lipinski definition) is 1. The predicted molar refractivity (Wildman–Crippen MR) is 77.5 cm³/mol. The summed E-state index contributed by atoms with van der Waals surface area (Å²) >= 11 is 0. The molecule has 1 aliphatic rings. The standard InChI is InChI=1S/C16H24FNO2/c1-4-18-15(16(20-5-2)11-9-10-11)12-7-6-8-13(19-3)14(12)17/h6-8,11,15-16,18H,4-5,9-10H2,1-3H3. The van der Waals surface area contributed by atoms with E-state index in [1.165, 1.54) is 7.11 Å². The van der Waals surface area contributed by atoms with Gasteiger partial charge < -0.3 is 14.8 Å². The SMILES string of the molecule is CCNC(c1cccc(OC)c1F)C(OCC)C1CC1. The van der Waals surface area contributed by atoms with Crippen molar-refractivity contribution in [2.45, 2.75) is 38.8 Å². The Balaban J connectivity index is 2.31. The molecule has 0 saturated heterocycles. The Morgan fingerprint density at radius 1 is 1.35 bits per heavy atom. The van der Waals surface area contributed by atoms with Crippen LogP contribution >= 0.6 is 0 Å². The molecule has 0 radical (unpaired) electrons. The monoisotopic (exact) mass is 281 g/mol. The molecule has 0 bridgehead atoms. The van der Waals surface area contributed by atoms with Gasteiger partial charge in [-0.1, -0.05) is 19.1 Å². The molecule has 1 N–H and O–H groups in total. The van der Waals surface area contributed by atoms with E-state index in [1.54, 1.807) is 6.07 Å². The van der Waals surface area contributed by atoms with Gasteiger partial charge >= 0.3 is 0 Å². The molecule has 4 heteroatoms.